The van der Waals surface area contributed by atoms with Crippen LogP contribution in [0.2, 0.25) is 10.0 Å². The molecule has 0 unspecified atom stereocenters. The predicted molar refractivity (Wildman–Crippen MR) is 98.1 cm³/mol. The summed E-state index contributed by atoms with van der Waals surface area (Å²) in [6, 6.07) is 9.62. The third kappa shape index (κ3) is 5.28. The van der Waals surface area contributed by atoms with Crippen LogP contribution in [0.25, 0.3) is 0 Å². The lowest BCUT2D eigenvalue weighted by atomic mass is 10.2. The van der Waals surface area contributed by atoms with Crippen molar-refractivity contribution in [3.8, 4) is 11.5 Å². The molecule has 1 amide bonds. The fourth-order valence-electron chi connectivity index (χ4n) is 2.08. The van der Waals surface area contributed by atoms with Gasteiger partial charge in [0.2, 0.25) is 0 Å². The monoisotopic (exact) mass is 397 g/mol. The summed E-state index contributed by atoms with van der Waals surface area (Å²) in [4.78, 5) is 23.8. The Morgan fingerprint density at radius 1 is 0.962 bits per heavy atom. The van der Waals surface area contributed by atoms with Crippen LogP contribution in [-0.4, -0.2) is 32.7 Å². The first-order valence-corrected chi connectivity index (χ1v) is 8.30. The van der Waals surface area contributed by atoms with Gasteiger partial charge in [0.1, 0.15) is 0 Å². The van der Waals surface area contributed by atoms with Crippen LogP contribution in [0.4, 0.5) is 0 Å². The summed E-state index contributed by atoms with van der Waals surface area (Å²) in [5.41, 5.74) is 1.03. The number of hydrogen-bond donors (Lipinski definition) is 1. The average molecular weight is 398 g/mol. The van der Waals surface area contributed by atoms with E-state index in [1.165, 1.54) is 25.3 Å². The van der Waals surface area contributed by atoms with Gasteiger partial charge in [-0.25, -0.2) is 4.79 Å². The summed E-state index contributed by atoms with van der Waals surface area (Å²) in [7, 11) is 3.07. The van der Waals surface area contributed by atoms with Crippen molar-refractivity contribution in [2.75, 3.05) is 20.8 Å². The minimum Gasteiger partial charge on any atom is -0.493 e. The summed E-state index contributed by atoms with van der Waals surface area (Å²) >= 11 is 11.6. The van der Waals surface area contributed by atoms with Crippen LogP contribution >= 0.6 is 23.2 Å². The summed E-state index contributed by atoms with van der Waals surface area (Å²) in [6.07, 6.45) is 0. The minimum atomic E-state index is -0.662. The number of esters is 1. The molecule has 138 valence electrons. The van der Waals surface area contributed by atoms with Crippen molar-refractivity contribution >= 4 is 35.1 Å². The highest BCUT2D eigenvalue weighted by Gasteiger charge is 2.12. The van der Waals surface area contributed by atoms with Crippen LogP contribution in [0.15, 0.2) is 36.4 Å². The zero-order valence-electron chi connectivity index (χ0n) is 14.2. The molecule has 0 saturated carbocycles. The molecule has 26 heavy (non-hydrogen) atoms. The van der Waals surface area contributed by atoms with E-state index in [9.17, 15) is 9.59 Å². The number of carbonyl (C=O) groups is 2. The Labute approximate surface area is 160 Å². The number of methoxy groups -OCH3 is 2. The zero-order chi connectivity index (χ0) is 19.1. The van der Waals surface area contributed by atoms with E-state index < -0.39 is 18.5 Å². The SMILES string of the molecule is COc1ccc(CNC(=O)COC(=O)c2ccc(Cl)c(Cl)c2)cc1OC. The molecule has 0 heterocycles. The molecule has 0 aromatic heterocycles. The molecule has 0 saturated heterocycles. The van der Waals surface area contributed by atoms with Gasteiger partial charge in [0.15, 0.2) is 18.1 Å². The van der Waals surface area contributed by atoms with Crippen molar-refractivity contribution in [2.45, 2.75) is 6.54 Å². The minimum absolute atomic E-state index is 0.215. The standard InChI is InChI=1S/C18H17Cl2NO5/c1-24-15-6-3-11(7-16(15)25-2)9-21-17(22)10-26-18(23)12-4-5-13(19)14(20)8-12/h3-8H,9-10H2,1-2H3,(H,21,22). The zero-order valence-corrected chi connectivity index (χ0v) is 15.7. The number of amides is 1. The largest absolute Gasteiger partial charge is 0.493 e. The van der Waals surface area contributed by atoms with Crippen molar-refractivity contribution < 1.29 is 23.8 Å². The molecular formula is C18H17Cl2NO5. The molecule has 1 N–H and O–H groups in total. The van der Waals surface area contributed by atoms with Gasteiger partial charge in [-0.15, -0.1) is 0 Å². The van der Waals surface area contributed by atoms with Gasteiger partial charge in [0.05, 0.1) is 29.8 Å². The molecule has 0 radical (unpaired) electrons. The lowest BCUT2D eigenvalue weighted by Gasteiger charge is -2.10. The lowest BCUT2D eigenvalue weighted by Crippen LogP contribution is -2.28. The third-order valence-corrected chi connectivity index (χ3v) is 4.17. The van der Waals surface area contributed by atoms with Gasteiger partial charge in [0, 0.05) is 6.54 Å². The Bertz CT molecular complexity index is 810. The molecular weight excluding hydrogens is 381 g/mol. The van der Waals surface area contributed by atoms with Gasteiger partial charge in [-0.3, -0.25) is 4.79 Å². The van der Waals surface area contributed by atoms with E-state index in [4.69, 9.17) is 37.4 Å². The van der Waals surface area contributed by atoms with E-state index in [1.807, 2.05) is 0 Å². The number of halogens is 2. The number of ether oxygens (including phenoxy) is 3. The maximum absolute atomic E-state index is 11.9. The van der Waals surface area contributed by atoms with E-state index >= 15 is 0 Å². The van der Waals surface area contributed by atoms with E-state index in [0.29, 0.717) is 16.5 Å². The highest BCUT2D eigenvalue weighted by Crippen LogP contribution is 2.27. The number of hydrogen-bond acceptors (Lipinski definition) is 5. The Balaban J connectivity index is 1.85. The fourth-order valence-corrected chi connectivity index (χ4v) is 2.38. The maximum Gasteiger partial charge on any atom is 0.338 e. The van der Waals surface area contributed by atoms with E-state index in [1.54, 1.807) is 25.3 Å². The lowest BCUT2D eigenvalue weighted by molar-refractivity contribution is -0.124. The second-order valence-electron chi connectivity index (χ2n) is 5.17. The Morgan fingerprint density at radius 3 is 2.35 bits per heavy atom. The molecule has 6 nitrogen and oxygen atoms in total. The molecule has 0 aliphatic carbocycles. The first-order chi connectivity index (χ1) is 12.4. The average Bonchev–Trinajstić information content (AvgIpc) is 2.66. The van der Waals surface area contributed by atoms with Crippen LogP contribution in [0.3, 0.4) is 0 Å². The summed E-state index contributed by atoms with van der Waals surface area (Å²) in [6.45, 7) is -0.157. The van der Waals surface area contributed by atoms with Crippen LogP contribution in [0.5, 0.6) is 11.5 Å². The molecule has 0 aliphatic rings. The van der Waals surface area contributed by atoms with E-state index in [0.717, 1.165) is 5.56 Å². The smallest absolute Gasteiger partial charge is 0.338 e. The van der Waals surface area contributed by atoms with Crippen molar-refractivity contribution in [3.63, 3.8) is 0 Å². The molecule has 2 aromatic rings. The third-order valence-electron chi connectivity index (χ3n) is 3.43. The highest BCUT2D eigenvalue weighted by molar-refractivity contribution is 6.42. The van der Waals surface area contributed by atoms with Gasteiger partial charge in [-0.1, -0.05) is 29.3 Å². The van der Waals surface area contributed by atoms with Crippen LogP contribution in [0, 0.1) is 0 Å². The summed E-state index contributed by atoms with van der Waals surface area (Å²) in [5, 5.41) is 3.22. The molecule has 0 atom stereocenters. The van der Waals surface area contributed by atoms with Crippen molar-refractivity contribution in [1.82, 2.24) is 5.32 Å². The van der Waals surface area contributed by atoms with Gasteiger partial charge in [-0.2, -0.15) is 0 Å². The number of carbonyl (C=O) groups excluding carboxylic acids is 2. The first kappa shape index (κ1) is 19.9. The number of benzene rings is 2. The van der Waals surface area contributed by atoms with Crippen LogP contribution in [0.1, 0.15) is 15.9 Å². The van der Waals surface area contributed by atoms with Gasteiger partial charge < -0.3 is 19.5 Å². The van der Waals surface area contributed by atoms with Crippen molar-refractivity contribution in [1.29, 1.82) is 0 Å². The molecule has 0 spiro atoms. The molecule has 0 bridgehead atoms. The second kappa shape index (κ2) is 9.31. The fraction of sp³-hybridized carbons (Fsp3) is 0.222. The summed E-state index contributed by atoms with van der Waals surface area (Å²) < 4.78 is 15.3. The Hall–Kier alpha value is -2.44. The second-order valence-corrected chi connectivity index (χ2v) is 5.99. The van der Waals surface area contributed by atoms with Crippen LogP contribution in [-0.2, 0) is 16.1 Å². The van der Waals surface area contributed by atoms with Crippen LogP contribution < -0.4 is 14.8 Å². The van der Waals surface area contributed by atoms with Gasteiger partial charge in [0.25, 0.3) is 5.91 Å². The number of rotatable bonds is 7. The quantitative estimate of drug-likeness (QED) is 0.723. The number of nitrogens with one attached hydrogen (secondary N) is 1. The summed E-state index contributed by atoms with van der Waals surface area (Å²) in [5.74, 6) is 0.0569. The predicted octanol–water partition coefficient (Wildman–Crippen LogP) is 3.48. The Morgan fingerprint density at radius 2 is 1.69 bits per heavy atom. The van der Waals surface area contributed by atoms with Gasteiger partial charge in [-0.05, 0) is 35.9 Å². The van der Waals surface area contributed by atoms with Crippen molar-refractivity contribution in [2.24, 2.45) is 0 Å². The highest BCUT2D eigenvalue weighted by atomic mass is 35.5. The van der Waals surface area contributed by atoms with Gasteiger partial charge >= 0.3 is 5.97 Å². The normalized spacial score (nSPS) is 10.2. The van der Waals surface area contributed by atoms with E-state index in [-0.39, 0.29) is 17.1 Å². The molecule has 8 heteroatoms. The topological polar surface area (TPSA) is 73.9 Å². The molecule has 0 aliphatic heterocycles. The maximum atomic E-state index is 11.9. The molecule has 2 aromatic carbocycles. The Kier molecular flexibility index (Phi) is 7.12. The molecule has 2 rings (SSSR count). The first-order valence-electron chi connectivity index (χ1n) is 7.54. The van der Waals surface area contributed by atoms with Crippen molar-refractivity contribution in [3.05, 3.63) is 57.6 Å². The van der Waals surface area contributed by atoms with E-state index in [2.05, 4.69) is 5.32 Å². The molecule has 0 fully saturated rings.